The SMILES string of the molecule is CCCC(C)C(=O)N1CCN(S(=O)(=O)c2ccc(OC)cc2)CC1. The Balaban J connectivity index is 2.01. The summed E-state index contributed by atoms with van der Waals surface area (Å²) in [6, 6.07) is 6.38. The monoisotopic (exact) mass is 354 g/mol. The molecular formula is C17H26N2O4S. The van der Waals surface area contributed by atoms with Crippen LogP contribution in [0.15, 0.2) is 29.2 Å². The van der Waals surface area contributed by atoms with Crippen molar-refractivity contribution >= 4 is 15.9 Å². The number of hydrogen-bond donors (Lipinski definition) is 0. The first-order chi connectivity index (χ1) is 11.4. The average Bonchev–Trinajstić information content (AvgIpc) is 2.61. The first kappa shape index (κ1) is 18.7. The molecule has 7 heteroatoms. The maximum absolute atomic E-state index is 12.7. The summed E-state index contributed by atoms with van der Waals surface area (Å²) in [7, 11) is -1.99. The number of hydrogen-bond acceptors (Lipinski definition) is 4. The number of rotatable bonds is 6. The average molecular weight is 354 g/mol. The highest BCUT2D eigenvalue weighted by Crippen LogP contribution is 2.21. The van der Waals surface area contributed by atoms with Crippen LogP contribution in [0, 0.1) is 5.92 Å². The summed E-state index contributed by atoms with van der Waals surface area (Å²) in [5.41, 5.74) is 0. The highest BCUT2D eigenvalue weighted by atomic mass is 32.2. The molecule has 0 bridgehead atoms. The van der Waals surface area contributed by atoms with Crippen molar-refractivity contribution in [2.75, 3.05) is 33.3 Å². The standard InChI is InChI=1S/C17H26N2O4S/c1-4-5-14(2)17(20)18-10-12-19(13-11-18)24(21,22)16-8-6-15(23-3)7-9-16/h6-9,14H,4-5,10-13H2,1-3H3. The first-order valence-corrected chi connectivity index (χ1v) is 9.77. The largest absolute Gasteiger partial charge is 0.497 e. The second-order valence-corrected chi connectivity index (χ2v) is 8.03. The summed E-state index contributed by atoms with van der Waals surface area (Å²) in [6.45, 7) is 5.55. The van der Waals surface area contributed by atoms with Crippen LogP contribution in [-0.4, -0.2) is 56.8 Å². The Morgan fingerprint density at radius 3 is 2.25 bits per heavy atom. The molecule has 1 amide bonds. The summed E-state index contributed by atoms with van der Waals surface area (Å²) in [5, 5.41) is 0. The predicted octanol–water partition coefficient (Wildman–Crippen LogP) is 1.96. The fraction of sp³-hybridized carbons (Fsp3) is 0.588. The minimum Gasteiger partial charge on any atom is -0.497 e. The highest BCUT2D eigenvalue weighted by Gasteiger charge is 2.31. The minimum absolute atomic E-state index is 0.000236. The Morgan fingerprint density at radius 2 is 1.75 bits per heavy atom. The van der Waals surface area contributed by atoms with E-state index < -0.39 is 10.0 Å². The third-order valence-corrected chi connectivity index (χ3v) is 6.30. The molecule has 0 radical (unpaired) electrons. The molecule has 0 N–H and O–H groups in total. The van der Waals surface area contributed by atoms with Gasteiger partial charge in [0.2, 0.25) is 15.9 Å². The van der Waals surface area contributed by atoms with Gasteiger partial charge in [0.25, 0.3) is 0 Å². The van der Waals surface area contributed by atoms with Gasteiger partial charge in [-0.3, -0.25) is 4.79 Å². The summed E-state index contributed by atoms with van der Waals surface area (Å²) >= 11 is 0. The van der Waals surface area contributed by atoms with Crippen LogP contribution in [0.4, 0.5) is 0 Å². The van der Waals surface area contributed by atoms with E-state index in [0.717, 1.165) is 12.8 Å². The van der Waals surface area contributed by atoms with Crippen LogP contribution in [0.3, 0.4) is 0 Å². The van der Waals surface area contributed by atoms with E-state index in [2.05, 4.69) is 6.92 Å². The van der Waals surface area contributed by atoms with Crippen molar-refractivity contribution in [2.45, 2.75) is 31.6 Å². The van der Waals surface area contributed by atoms with Crippen molar-refractivity contribution in [3.63, 3.8) is 0 Å². The molecule has 1 fully saturated rings. The molecule has 0 spiro atoms. The van der Waals surface area contributed by atoms with Crippen molar-refractivity contribution in [1.29, 1.82) is 0 Å². The van der Waals surface area contributed by atoms with E-state index in [4.69, 9.17) is 4.74 Å². The number of benzene rings is 1. The summed E-state index contributed by atoms with van der Waals surface area (Å²) in [4.78, 5) is 14.4. The molecule has 0 aromatic heterocycles. The van der Waals surface area contributed by atoms with Crippen molar-refractivity contribution in [3.05, 3.63) is 24.3 Å². The number of carbonyl (C=O) groups excluding carboxylic acids is 1. The van der Waals surface area contributed by atoms with E-state index in [1.807, 2.05) is 6.92 Å². The normalized spacial score (nSPS) is 17.5. The maximum atomic E-state index is 12.7. The number of ether oxygens (including phenoxy) is 1. The van der Waals surface area contributed by atoms with Gasteiger partial charge in [0.05, 0.1) is 12.0 Å². The zero-order valence-corrected chi connectivity index (χ0v) is 15.4. The van der Waals surface area contributed by atoms with Gasteiger partial charge in [-0.25, -0.2) is 8.42 Å². The van der Waals surface area contributed by atoms with Gasteiger partial charge in [-0.1, -0.05) is 20.3 Å². The van der Waals surface area contributed by atoms with Gasteiger partial charge in [0.15, 0.2) is 0 Å². The van der Waals surface area contributed by atoms with Crippen LogP contribution >= 0.6 is 0 Å². The maximum Gasteiger partial charge on any atom is 0.243 e. The van der Waals surface area contributed by atoms with Crippen LogP contribution in [0.25, 0.3) is 0 Å². The van der Waals surface area contributed by atoms with E-state index in [0.29, 0.717) is 31.9 Å². The van der Waals surface area contributed by atoms with Gasteiger partial charge in [-0.05, 0) is 30.7 Å². The fourth-order valence-corrected chi connectivity index (χ4v) is 4.34. The second kappa shape index (κ2) is 7.98. The summed E-state index contributed by atoms with van der Waals surface area (Å²) in [5.74, 6) is 0.743. The van der Waals surface area contributed by atoms with E-state index in [-0.39, 0.29) is 16.7 Å². The Morgan fingerprint density at radius 1 is 1.17 bits per heavy atom. The lowest BCUT2D eigenvalue weighted by Crippen LogP contribution is -2.51. The van der Waals surface area contributed by atoms with Crippen LogP contribution in [-0.2, 0) is 14.8 Å². The minimum atomic E-state index is -3.53. The molecule has 134 valence electrons. The second-order valence-electron chi connectivity index (χ2n) is 6.09. The molecular weight excluding hydrogens is 328 g/mol. The molecule has 1 atom stereocenters. The predicted molar refractivity (Wildman–Crippen MR) is 92.4 cm³/mol. The van der Waals surface area contributed by atoms with Gasteiger partial charge in [0.1, 0.15) is 5.75 Å². The molecule has 1 aliphatic heterocycles. The van der Waals surface area contributed by atoms with Crippen LogP contribution in [0.1, 0.15) is 26.7 Å². The van der Waals surface area contributed by atoms with Crippen LogP contribution < -0.4 is 4.74 Å². The lowest BCUT2D eigenvalue weighted by atomic mass is 10.0. The Bertz CT molecular complexity index is 650. The number of nitrogens with zero attached hydrogens (tertiary/aromatic N) is 2. The fourth-order valence-electron chi connectivity index (χ4n) is 2.91. The molecule has 1 aliphatic rings. The Hall–Kier alpha value is -1.60. The van der Waals surface area contributed by atoms with Gasteiger partial charge in [0, 0.05) is 32.1 Å². The third-order valence-electron chi connectivity index (χ3n) is 4.39. The van der Waals surface area contributed by atoms with Crippen molar-refractivity contribution < 1.29 is 17.9 Å². The van der Waals surface area contributed by atoms with E-state index in [9.17, 15) is 13.2 Å². The van der Waals surface area contributed by atoms with Crippen LogP contribution in [0.5, 0.6) is 5.75 Å². The van der Waals surface area contributed by atoms with Gasteiger partial charge in [-0.15, -0.1) is 0 Å². The van der Waals surface area contributed by atoms with Crippen LogP contribution in [0.2, 0.25) is 0 Å². The van der Waals surface area contributed by atoms with E-state index in [1.54, 1.807) is 36.3 Å². The van der Waals surface area contributed by atoms with Gasteiger partial charge in [-0.2, -0.15) is 4.31 Å². The molecule has 2 rings (SSSR count). The van der Waals surface area contributed by atoms with Gasteiger partial charge < -0.3 is 9.64 Å². The van der Waals surface area contributed by atoms with Crippen molar-refractivity contribution in [1.82, 2.24) is 9.21 Å². The Labute approximate surface area is 144 Å². The van der Waals surface area contributed by atoms with Crippen molar-refractivity contribution in [3.8, 4) is 5.75 Å². The number of methoxy groups -OCH3 is 1. The topological polar surface area (TPSA) is 66.9 Å². The molecule has 1 heterocycles. The van der Waals surface area contributed by atoms with Gasteiger partial charge >= 0.3 is 0 Å². The molecule has 0 saturated carbocycles. The van der Waals surface area contributed by atoms with E-state index >= 15 is 0 Å². The molecule has 1 aromatic carbocycles. The molecule has 24 heavy (non-hydrogen) atoms. The van der Waals surface area contributed by atoms with Crippen molar-refractivity contribution in [2.24, 2.45) is 5.92 Å². The summed E-state index contributed by atoms with van der Waals surface area (Å²) in [6.07, 6.45) is 1.84. The lowest BCUT2D eigenvalue weighted by molar-refractivity contribution is -0.136. The number of carbonyl (C=O) groups is 1. The quantitative estimate of drug-likeness (QED) is 0.783. The molecule has 0 aliphatic carbocycles. The number of amides is 1. The third kappa shape index (κ3) is 4.08. The molecule has 1 saturated heterocycles. The smallest absolute Gasteiger partial charge is 0.243 e. The first-order valence-electron chi connectivity index (χ1n) is 8.33. The number of piperazine rings is 1. The zero-order valence-electron chi connectivity index (χ0n) is 14.6. The molecule has 1 aromatic rings. The lowest BCUT2D eigenvalue weighted by Gasteiger charge is -2.35. The molecule has 6 nitrogen and oxygen atoms in total. The zero-order chi connectivity index (χ0) is 17.7. The van der Waals surface area contributed by atoms with E-state index in [1.165, 1.54) is 4.31 Å². The highest BCUT2D eigenvalue weighted by molar-refractivity contribution is 7.89. The molecule has 1 unspecified atom stereocenters. The number of sulfonamides is 1. The summed E-state index contributed by atoms with van der Waals surface area (Å²) < 4.78 is 31.9. The Kier molecular flexibility index (Phi) is 6.23.